The van der Waals surface area contributed by atoms with Gasteiger partial charge in [0.05, 0.1) is 5.56 Å². The Bertz CT molecular complexity index is 562. The highest BCUT2D eigenvalue weighted by Crippen LogP contribution is 2.61. The number of carbonyl (C=O) groups excluding carboxylic acids is 1. The maximum atomic E-state index is 12.2. The normalized spacial score (nSPS) is 25.5. The third-order valence-corrected chi connectivity index (χ3v) is 5.30. The fourth-order valence-electron chi connectivity index (χ4n) is 3.56. The second kappa shape index (κ2) is 4.86. The lowest BCUT2D eigenvalue weighted by Gasteiger charge is -2.22. The van der Waals surface area contributed by atoms with Gasteiger partial charge in [-0.05, 0) is 41.4 Å². The number of likely N-dealkylation sites (tertiary alicyclic amines) is 1. The van der Waals surface area contributed by atoms with E-state index in [1.807, 2.05) is 4.90 Å². The Balaban J connectivity index is 1.49. The zero-order chi connectivity index (χ0) is 15.2. The minimum Gasteiger partial charge on any atom is -0.478 e. The average Bonchev–Trinajstić information content (AvgIpc) is 2.83. The van der Waals surface area contributed by atoms with Gasteiger partial charge in [-0.25, -0.2) is 4.79 Å². The van der Waals surface area contributed by atoms with Gasteiger partial charge in [0, 0.05) is 19.5 Å². The number of hydrogen-bond donors (Lipinski definition) is 1. The monoisotopic (exact) mass is 287 g/mol. The predicted molar refractivity (Wildman–Crippen MR) is 79.1 cm³/mol. The fourth-order valence-corrected chi connectivity index (χ4v) is 3.56. The van der Waals surface area contributed by atoms with Gasteiger partial charge in [-0.3, -0.25) is 4.79 Å². The van der Waals surface area contributed by atoms with Gasteiger partial charge in [0.25, 0.3) is 0 Å². The topological polar surface area (TPSA) is 57.6 Å². The summed E-state index contributed by atoms with van der Waals surface area (Å²) in [5, 5.41) is 8.85. The lowest BCUT2D eigenvalue weighted by molar-refractivity contribution is -0.130. The maximum absolute atomic E-state index is 12.2. The van der Waals surface area contributed by atoms with Crippen LogP contribution in [0.3, 0.4) is 0 Å². The van der Waals surface area contributed by atoms with Gasteiger partial charge < -0.3 is 10.0 Å². The van der Waals surface area contributed by atoms with Gasteiger partial charge in [0.15, 0.2) is 0 Å². The molecule has 1 N–H and O–H groups in total. The minimum atomic E-state index is -0.920. The van der Waals surface area contributed by atoms with E-state index in [1.54, 1.807) is 24.3 Å². The van der Waals surface area contributed by atoms with Crippen LogP contribution in [0, 0.1) is 17.3 Å². The number of rotatable bonds is 4. The van der Waals surface area contributed by atoms with E-state index in [-0.39, 0.29) is 11.5 Å². The van der Waals surface area contributed by atoms with Gasteiger partial charge >= 0.3 is 5.97 Å². The summed E-state index contributed by atoms with van der Waals surface area (Å²) in [6.45, 7) is 6.39. The van der Waals surface area contributed by atoms with Crippen LogP contribution in [0.2, 0.25) is 0 Å². The summed E-state index contributed by atoms with van der Waals surface area (Å²) in [5.74, 6) is 0.685. The van der Waals surface area contributed by atoms with Crippen LogP contribution in [0.5, 0.6) is 0 Å². The van der Waals surface area contributed by atoms with Crippen LogP contribution < -0.4 is 0 Å². The molecule has 1 aliphatic carbocycles. The number of nitrogens with zero attached hydrogens (tertiary/aromatic N) is 1. The third-order valence-electron chi connectivity index (χ3n) is 5.30. The molecule has 2 atom stereocenters. The van der Waals surface area contributed by atoms with Crippen molar-refractivity contribution in [1.29, 1.82) is 0 Å². The van der Waals surface area contributed by atoms with E-state index in [0.717, 1.165) is 18.7 Å². The van der Waals surface area contributed by atoms with Crippen molar-refractivity contribution in [2.24, 2.45) is 17.3 Å². The first kappa shape index (κ1) is 14.1. The minimum absolute atomic E-state index is 0.223. The lowest BCUT2D eigenvalue weighted by atomic mass is 10.0. The molecule has 0 radical (unpaired) electrons. The molecule has 0 spiro atoms. The molecule has 1 saturated carbocycles. The molecular formula is C17H21NO3. The summed E-state index contributed by atoms with van der Waals surface area (Å²) >= 11 is 0. The second-order valence-corrected chi connectivity index (χ2v) is 6.84. The first-order valence-electron chi connectivity index (χ1n) is 7.49. The van der Waals surface area contributed by atoms with Crippen LogP contribution in [-0.2, 0) is 11.2 Å². The van der Waals surface area contributed by atoms with Gasteiger partial charge in [-0.1, -0.05) is 26.0 Å². The number of amides is 1. The van der Waals surface area contributed by atoms with Crippen molar-refractivity contribution >= 4 is 11.9 Å². The van der Waals surface area contributed by atoms with Gasteiger partial charge in [-0.2, -0.15) is 0 Å². The Morgan fingerprint density at radius 2 is 1.76 bits per heavy atom. The van der Waals surface area contributed by atoms with E-state index in [4.69, 9.17) is 5.11 Å². The molecule has 1 saturated heterocycles. The highest BCUT2D eigenvalue weighted by atomic mass is 16.4. The van der Waals surface area contributed by atoms with Crippen molar-refractivity contribution in [3.63, 3.8) is 0 Å². The lowest BCUT2D eigenvalue weighted by Crippen LogP contribution is -2.32. The molecule has 0 aromatic heterocycles. The zero-order valence-corrected chi connectivity index (χ0v) is 12.5. The molecule has 21 heavy (non-hydrogen) atoms. The summed E-state index contributed by atoms with van der Waals surface area (Å²) in [7, 11) is 0. The highest BCUT2D eigenvalue weighted by Gasteiger charge is 2.62. The molecule has 1 aromatic carbocycles. The Morgan fingerprint density at radius 3 is 2.29 bits per heavy atom. The van der Waals surface area contributed by atoms with E-state index in [2.05, 4.69) is 13.8 Å². The van der Waals surface area contributed by atoms with E-state index >= 15 is 0 Å². The number of hydrogen-bond acceptors (Lipinski definition) is 2. The first-order valence-corrected chi connectivity index (χ1v) is 7.49. The zero-order valence-electron chi connectivity index (χ0n) is 12.5. The van der Waals surface area contributed by atoms with Crippen LogP contribution >= 0.6 is 0 Å². The van der Waals surface area contributed by atoms with Crippen LogP contribution in [-0.4, -0.2) is 35.0 Å². The van der Waals surface area contributed by atoms with Crippen molar-refractivity contribution in [2.75, 3.05) is 13.1 Å². The molecule has 2 fully saturated rings. The molecule has 112 valence electrons. The Labute approximate surface area is 124 Å². The van der Waals surface area contributed by atoms with Crippen LogP contribution in [0.15, 0.2) is 24.3 Å². The van der Waals surface area contributed by atoms with E-state index in [0.29, 0.717) is 30.1 Å². The van der Waals surface area contributed by atoms with Crippen LogP contribution in [0.4, 0.5) is 0 Å². The van der Waals surface area contributed by atoms with Crippen molar-refractivity contribution in [3.8, 4) is 0 Å². The van der Waals surface area contributed by atoms with Crippen molar-refractivity contribution in [1.82, 2.24) is 4.90 Å². The summed E-state index contributed by atoms with van der Waals surface area (Å²) in [4.78, 5) is 25.0. The second-order valence-electron chi connectivity index (χ2n) is 6.84. The molecule has 1 aliphatic heterocycles. The molecule has 1 amide bonds. The standard InChI is InChI=1S/C17H21NO3/c1-17(2)13-9-18(10-14(13)17)15(19)8-5-11-3-6-12(7-4-11)16(20)21/h3-4,6-7,13-14H,5,8-10H2,1-2H3,(H,20,21)/t13-,14+. The molecular weight excluding hydrogens is 266 g/mol. The van der Waals surface area contributed by atoms with Crippen LogP contribution in [0.25, 0.3) is 0 Å². The first-order chi connectivity index (χ1) is 9.89. The quantitative estimate of drug-likeness (QED) is 0.925. The smallest absolute Gasteiger partial charge is 0.335 e. The number of piperidine rings is 1. The molecule has 0 bridgehead atoms. The molecule has 4 nitrogen and oxygen atoms in total. The fraction of sp³-hybridized carbons (Fsp3) is 0.529. The number of carbonyl (C=O) groups is 2. The van der Waals surface area contributed by atoms with Crippen molar-refractivity contribution in [3.05, 3.63) is 35.4 Å². The largest absolute Gasteiger partial charge is 0.478 e. The molecule has 4 heteroatoms. The van der Waals surface area contributed by atoms with E-state index in [9.17, 15) is 9.59 Å². The maximum Gasteiger partial charge on any atom is 0.335 e. The number of benzene rings is 1. The molecule has 2 aliphatic rings. The summed E-state index contributed by atoms with van der Waals surface area (Å²) in [6, 6.07) is 6.77. The Morgan fingerprint density at radius 1 is 1.19 bits per heavy atom. The number of fused-ring (bicyclic) bond motifs is 1. The van der Waals surface area contributed by atoms with Gasteiger partial charge in [-0.15, -0.1) is 0 Å². The number of carboxylic acids is 1. The third kappa shape index (κ3) is 2.55. The molecule has 3 rings (SSSR count). The molecule has 1 heterocycles. The van der Waals surface area contributed by atoms with Gasteiger partial charge in [0.1, 0.15) is 0 Å². The number of aryl methyl sites for hydroxylation is 1. The Kier molecular flexibility index (Phi) is 3.27. The number of aromatic carboxylic acids is 1. The van der Waals surface area contributed by atoms with Crippen molar-refractivity contribution < 1.29 is 14.7 Å². The summed E-state index contributed by atoms with van der Waals surface area (Å²) in [5.41, 5.74) is 1.73. The summed E-state index contributed by atoms with van der Waals surface area (Å²) < 4.78 is 0. The Hall–Kier alpha value is -1.84. The predicted octanol–water partition coefficient (Wildman–Crippen LogP) is 2.43. The van der Waals surface area contributed by atoms with E-state index in [1.165, 1.54) is 0 Å². The van der Waals surface area contributed by atoms with Crippen molar-refractivity contribution in [2.45, 2.75) is 26.7 Å². The highest BCUT2D eigenvalue weighted by molar-refractivity contribution is 5.87. The molecule has 1 aromatic rings. The summed E-state index contributed by atoms with van der Waals surface area (Å²) in [6.07, 6.45) is 1.18. The average molecular weight is 287 g/mol. The van der Waals surface area contributed by atoms with Crippen LogP contribution in [0.1, 0.15) is 36.2 Å². The molecule has 0 unspecified atom stereocenters. The SMILES string of the molecule is CC1(C)[C@@H]2CN(C(=O)CCc3ccc(C(=O)O)cc3)C[C@@H]21. The van der Waals surface area contributed by atoms with E-state index < -0.39 is 5.97 Å². The van der Waals surface area contributed by atoms with Gasteiger partial charge in [0.2, 0.25) is 5.91 Å². The number of carboxylic acid groups (broad SMARTS) is 1.